The Labute approximate surface area is 82.9 Å². The summed E-state index contributed by atoms with van der Waals surface area (Å²) in [5.41, 5.74) is 0. The quantitative estimate of drug-likeness (QED) is 0.629. The van der Waals surface area contributed by atoms with Crippen LogP contribution in [0, 0.1) is 5.92 Å². The number of carbonyl (C=O) groups is 1. The van der Waals surface area contributed by atoms with E-state index in [1.807, 2.05) is 0 Å². The van der Waals surface area contributed by atoms with E-state index < -0.39 is 18.3 Å². The van der Waals surface area contributed by atoms with Gasteiger partial charge in [-0.25, -0.2) is 0 Å². The van der Waals surface area contributed by atoms with Crippen LogP contribution in [0.2, 0.25) is 0 Å². The first-order chi connectivity index (χ1) is 6.70. The molecule has 1 aliphatic rings. The number of aliphatic hydroxyl groups excluding tert-OH is 1. The van der Waals surface area contributed by atoms with E-state index in [-0.39, 0.29) is 12.4 Å². The highest BCUT2D eigenvalue weighted by Gasteiger charge is 2.35. The lowest BCUT2D eigenvalue weighted by Crippen LogP contribution is -2.44. The monoisotopic (exact) mass is 204 g/mol. The molecular weight excluding hydrogens is 188 g/mol. The second-order valence-electron chi connectivity index (χ2n) is 3.23. The predicted octanol–water partition coefficient (Wildman–Crippen LogP) is -0.428. The summed E-state index contributed by atoms with van der Waals surface area (Å²) in [4.78, 5) is 11.4. The number of hydrogen-bond donors (Lipinski definition) is 1. The van der Waals surface area contributed by atoms with Gasteiger partial charge < -0.3 is 19.3 Å². The molecule has 2 atom stereocenters. The molecule has 5 heteroatoms. The van der Waals surface area contributed by atoms with Crippen LogP contribution in [-0.2, 0) is 19.0 Å². The fraction of sp³-hybridized carbons (Fsp3) is 0.889. The van der Waals surface area contributed by atoms with Gasteiger partial charge in [0.2, 0.25) is 0 Å². The maximum absolute atomic E-state index is 11.4. The van der Waals surface area contributed by atoms with Crippen molar-refractivity contribution in [2.75, 3.05) is 27.4 Å². The minimum atomic E-state index is -0.960. The van der Waals surface area contributed by atoms with Gasteiger partial charge in [0.25, 0.3) is 0 Å². The minimum Gasteiger partial charge on any atom is -0.387 e. The van der Waals surface area contributed by atoms with Crippen molar-refractivity contribution in [3.63, 3.8) is 0 Å². The van der Waals surface area contributed by atoms with E-state index in [1.165, 1.54) is 14.2 Å². The van der Waals surface area contributed by atoms with Crippen LogP contribution >= 0.6 is 0 Å². The molecule has 14 heavy (non-hydrogen) atoms. The van der Waals surface area contributed by atoms with Gasteiger partial charge in [0.15, 0.2) is 6.29 Å². The first-order valence-electron chi connectivity index (χ1n) is 4.54. The summed E-state index contributed by atoms with van der Waals surface area (Å²) in [6.07, 6.45) is -1.38. The van der Waals surface area contributed by atoms with Crippen molar-refractivity contribution in [1.82, 2.24) is 0 Å². The molecule has 0 bridgehead atoms. The maximum atomic E-state index is 11.4. The number of methoxy groups -OCH3 is 2. The number of ether oxygens (including phenoxy) is 3. The Kier molecular flexibility index (Phi) is 4.47. The fourth-order valence-electron chi connectivity index (χ4n) is 1.52. The van der Waals surface area contributed by atoms with Gasteiger partial charge in [-0.15, -0.1) is 0 Å². The van der Waals surface area contributed by atoms with Crippen LogP contribution in [0.25, 0.3) is 0 Å². The first kappa shape index (κ1) is 11.6. The molecule has 1 N–H and O–H groups in total. The zero-order valence-electron chi connectivity index (χ0n) is 8.43. The Hall–Kier alpha value is -0.490. The lowest BCUT2D eigenvalue weighted by atomic mass is 9.94. The maximum Gasteiger partial charge on any atom is 0.183 e. The zero-order chi connectivity index (χ0) is 10.6. The van der Waals surface area contributed by atoms with Gasteiger partial charge in [-0.3, -0.25) is 4.79 Å². The molecule has 1 saturated heterocycles. The topological polar surface area (TPSA) is 65.0 Å². The largest absolute Gasteiger partial charge is 0.387 e. The molecule has 0 aliphatic carbocycles. The summed E-state index contributed by atoms with van der Waals surface area (Å²) in [6, 6.07) is 0. The van der Waals surface area contributed by atoms with E-state index in [1.54, 1.807) is 0 Å². The number of aliphatic hydroxyl groups is 1. The molecule has 0 amide bonds. The van der Waals surface area contributed by atoms with Crippen LogP contribution in [0.3, 0.4) is 0 Å². The number of Topliss-reactive ketones (excluding diaryl/α,β-unsaturated/α-hetero) is 1. The van der Waals surface area contributed by atoms with Crippen LogP contribution in [-0.4, -0.2) is 50.7 Å². The highest BCUT2D eigenvalue weighted by Crippen LogP contribution is 2.18. The summed E-state index contributed by atoms with van der Waals surface area (Å²) >= 11 is 0. The molecule has 0 aromatic carbocycles. The van der Waals surface area contributed by atoms with Crippen molar-refractivity contribution in [2.45, 2.75) is 18.8 Å². The minimum absolute atomic E-state index is 0.00264. The third-order valence-electron chi connectivity index (χ3n) is 2.36. The molecule has 1 heterocycles. The number of carbonyl (C=O) groups excluding carboxylic acids is 1. The van der Waals surface area contributed by atoms with Gasteiger partial charge in [-0.1, -0.05) is 0 Å². The summed E-state index contributed by atoms with van der Waals surface area (Å²) in [5, 5.41) is 9.75. The highest BCUT2D eigenvalue weighted by atomic mass is 16.7. The molecule has 0 unspecified atom stereocenters. The molecule has 0 aromatic heterocycles. The third-order valence-corrected chi connectivity index (χ3v) is 2.36. The predicted molar refractivity (Wildman–Crippen MR) is 47.7 cm³/mol. The van der Waals surface area contributed by atoms with E-state index >= 15 is 0 Å². The number of hydrogen-bond acceptors (Lipinski definition) is 5. The van der Waals surface area contributed by atoms with Crippen molar-refractivity contribution in [1.29, 1.82) is 0 Å². The van der Waals surface area contributed by atoms with Gasteiger partial charge in [-0.05, 0) is 0 Å². The van der Waals surface area contributed by atoms with E-state index in [0.717, 1.165) is 0 Å². The number of ketones is 1. The Balaban J connectivity index is 2.56. The van der Waals surface area contributed by atoms with Crippen molar-refractivity contribution < 1.29 is 24.1 Å². The molecule has 0 saturated carbocycles. The third kappa shape index (κ3) is 2.51. The Morgan fingerprint density at radius 1 is 1.50 bits per heavy atom. The second kappa shape index (κ2) is 5.41. The van der Waals surface area contributed by atoms with Crippen molar-refractivity contribution in [2.24, 2.45) is 5.92 Å². The Morgan fingerprint density at radius 2 is 2.14 bits per heavy atom. The Bertz CT molecular complexity index is 190. The van der Waals surface area contributed by atoms with Gasteiger partial charge in [0, 0.05) is 20.6 Å². The van der Waals surface area contributed by atoms with Crippen molar-refractivity contribution in [3.8, 4) is 0 Å². The van der Waals surface area contributed by atoms with Crippen LogP contribution in [0.5, 0.6) is 0 Å². The fourth-order valence-corrected chi connectivity index (χ4v) is 1.52. The lowest BCUT2D eigenvalue weighted by Gasteiger charge is -2.29. The summed E-state index contributed by atoms with van der Waals surface area (Å²) in [7, 11) is 2.84. The Morgan fingerprint density at radius 3 is 2.64 bits per heavy atom. The van der Waals surface area contributed by atoms with Crippen LogP contribution < -0.4 is 0 Å². The lowest BCUT2D eigenvalue weighted by molar-refractivity contribution is -0.190. The van der Waals surface area contributed by atoms with Gasteiger partial charge in [0.1, 0.15) is 11.9 Å². The summed E-state index contributed by atoms with van der Waals surface area (Å²) in [5.74, 6) is -0.531. The molecule has 1 rings (SSSR count). The molecule has 5 nitrogen and oxygen atoms in total. The SMILES string of the molecule is COC(OC)[C@H](O)[C@@H]1COCCC1=O. The molecule has 0 aromatic rings. The zero-order valence-corrected chi connectivity index (χ0v) is 8.43. The smallest absolute Gasteiger partial charge is 0.183 e. The molecule has 1 aliphatic heterocycles. The highest BCUT2D eigenvalue weighted by molar-refractivity contribution is 5.82. The summed E-state index contributed by atoms with van der Waals surface area (Å²) < 4.78 is 14.9. The van der Waals surface area contributed by atoms with E-state index in [4.69, 9.17) is 14.2 Å². The molecule has 0 radical (unpaired) electrons. The normalized spacial score (nSPS) is 25.4. The van der Waals surface area contributed by atoms with Crippen LogP contribution in [0.1, 0.15) is 6.42 Å². The molecule has 0 spiro atoms. The van der Waals surface area contributed by atoms with Crippen molar-refractivity contribution in [3.05, 3.63) is 0 Å². The molecule has 1 fully saturated rings. The van der Waals surface area contributed by atoms with E-state index in [2.05, 4.69) is 0 Å². The summed E-state index contributed by atoms with van der Waals surface area (Å²) in [6.45, 7) is 0.676. The second-order valence-corrected chi connectivity index (χ2v) is 3.23. The standard InChI is InChI=1S/C9H16O5/c1-12-9(13-2)8(11)6-5-14-4-3-7(6)10/h6,8-9,11H,3-5H2,1-2H3/t6-,8-/m1/s1. The molecular formula is C9H16O5. The van der Waals surface area contributed by atoms with Gasteiger partial charge in [0.05, 0.1) is 19.1 Å². The van der Waals surface area contributed by atoms with E-state index in [9.17, 15) is 9.90 Å². The van der Waals surface area contributed by atoms with Crippen LogP contribution in [0.4, 0.5) is 0 Å². The average molecular weight is 204 g/mol. The molecule has 82 valence electrons. The first-order valence-corrected chi connectivity index (χ1v) is 4.54. The van der Waals surface area contributed by atoms with Crippen molar-refractivity contribution >= 4 is 5.78 Å². The van der Waals surface area contributed by atoms with Crippen LogP contribution in [0.15, 0.2) is 0 Å². The average Bonchev–Trinajstić information content (AvgIpc) is 2.20. The van der Waals surface area contributed by atoms with Gasteiger partial charge in [-0.2, -0.15) is 0 Å². The van der Waals surface area contributed by atoms with E-state index in [0.29, 0.717) is 13.0 Å². The van der Waals surface area contributed by atoms with Gasteiger partial charge >= 0.3 is 0 Å². The number of rotatable bonds is 4.